The highest BCUT2D eigenvalue weighted by molar-refractivity contribution is 6.42. The highest BCUT2D eigenvalue weighted by atomic mass is 35.5. The third-order valence-corrected chi connectivity index (χ3v) is 3.66. The summed E-state index contributed by atoms with van der Waals surface area (Å²) in [5.41, 5.74) is 0.138. The molecule has 126 valence electrons. The average Bonchev–Trinajstić information content (AvgIpc) is 2.56. The summed E-state index contributed by atoms with van der Waals surface area (Å²) in [5, 5.41) is 14.2. The molecule has 0 fully saturated rings. The Bertz CT molecular complexity index is 782. The molecular weight excluding hydrogens is 359 g/mol. The predicted octanol–water partition coefficient (Wildman–Crippen LogP) is 3.93. The maximum atomic E-state index is 11.9. The number of nitro benzene ring substituents is 1. The van der Waals surface area contributed by atoms with Crippen molar-refractivity contribution in [3.63, 3.8) is 0 Å². The zero-order chi connectivity index (χ0) is 17.7. The molecule has 0 saturated carbocycles. The van der Waals surface area contributed by atoms with Gasteiger partial charge in [0.05, 0.1) is 28.1 Å². The van der Waals surface area contributed by atoms with Gasteiger partial charge in [0.15, 0.2) is 12.4 Å². The van der Waals surface area contributed by atoms with Gasteiger partial charge in [-0.1, -0.05) is 23.2 Å². The first-order valence-corrected chi connectivity index (χ1v) is 7.36. The van der Waals surface area contributed by atoms with Crippen molar-refractivity contribution < 1.29 is 19.2 Å². The number of halogens is 2. The third-order valence-electron chi connectivity index (χ3n) is 2.92. The number of benzene rings is 2. The number of nitro groups is 1. The van der Waals surface area contributed by atoms with Gasteiger partial charge in [-0.15, -0.1) is 0 Å². The molecule has 24 heavy (non-hydrogen) atoms. The Morgan fingerprint density at radius 1 is 1.21 bits per heavy atom. The maximum Gasteiger partial charge on any atom is 0.314 e. The van der Waals surface area contributed by atoms with Gasteiger partial charge in [-0.05, 0) is 30.3 Å². The van der Waals surface area contributed by atoms with Crippen LogP contribution in [-0.4, -0.2) is 24.5 Å². The maximum absolute atomic E-state index is 11.9. The molecule has 0 radical (unpaired) electrons. The highest BCUT2D eigenvalue weighted by Gasteiger charge is 2.17. The number of rotatable bonds is 6. The Labute approximate surface area is 147 Å². The molecule has 1 amide bonds. The second-order valence-electron chi connectivity index (χ2n) is 4.56. The smallest absolute Gasteiger partial charge is 0.314 e. The van der Waals surface area contributed by atoms with Crippen molar-refractivity contribution in [3.8, 4) is 11.5 Å². The van der Waals surface area contributed by atoms with Crippen LogP contribution >= 0.6 is 23.2 Å². The van der Waals surface area contributed by atoms with Crippen LogP contribution < -0.4 is 14.8 Å². The minimum atomic E-state index is -0.616. The monoisotopic (exact) mass is 370 g/mol. The number of nitrogens with one attached hydrogen (secondary N) is 1. The van der Waals surface area contributed by atoms with Gasteiger partial charge in [0.2, 0.25) is 0 Å². The zero-order valence-corrected chi connectivity index (χ0v) is 13.9. The van der Waals surface area contributed by atoms with Gasteiger partial charge in [0, 0.05) is 5.69 Å². The molecule has 0 aliphatic carbocycles. The number of carbonyl (C=O) groups excluding carboxylic acids is 1. The number of hydrogen-bond donors (Lipinski definition) is 1. The Kier molecular flexibility index (Phi) is 5.83. The largest absolute Gasteiger partial charge is 0.496 e. The molecule has 1 N–H and O–H groups in total. The Morgan fingerprint density at radius 2 is 1.96 bits per heavy atom. The summed E-state index contributed by atoms with van der Waals surface area (Å²) in [4.78, 5) is 22.3. The van der Waals surface area contributed by atoms with E-state index in [0.29, 0.717) is 21.5 Å². The summed E-state index contributed by atoms with van der Waals surface area (Å²) in [6.45, 7) is -0.409. The second kappa shape index (κ2) is 7.85. The van der Waals surface area contributed by atoms with Crippen LogP contribution in [0, 0.1) is 10.1 Å². The first-order valence-electron chi connectivity index (χ1n) is 6.61. The molecule has 0 atom stereocenters. The van der Waals surface area contributed by atoms with Crippen LogP contribution in [0.3, 0.4) is 0 Å². The molecule has 0 aromatic heterocycles. The Morgan fingerprint density at radius 3 is 2.58 bits per heavy atom. The molecule has 2 aromatic rings. The van der Waals surface area contributed by atoms with Gasteiger partial charge in [0.25, 0.3) is 5.91 Å². The van der Waals surface area contributed by atoms with E-state index in [2.05, 4.69) is 5.32 Å². The normalized spacial score (nSPS) is 10.1. The number of ether oxygens (including phenoxy) is 2. The van der Waals surface area contributed by atoms with Crippen LogP contribution in [0.5, 0.6) is 11.5 Å². The fourth-order valence-electron chi connectivity index (χ4n) is 1.80. The summed E-state index contributed by atoms with van der Waals surface area (Å²) in [7, 11) is 1.39. The second-order valence-corrected chi connectivity index (χ2v) is 5.37. The molecule has 2 rings (SSSR count). The minimum absolute atomic E-state index is 0.0370. The summed E-state index contributed by atoms with van der Waals surface area (Å²) < 4.78 is 10.1. The van der Waals surface area contributed by atoms with Crippen molar-refractivity contribution in [2.75, 3.05) is 19.0 Å². The molecular formula is C15H12Cl2N2O5. The molecule has 0 heterocycles. The lowest BCUT2D eigenvalue weighted by molar-refractivity contribution is -0.385. The van der Waals surface area contributed by atoms with Crippen molar-refractivity contribution >= 4 is 40.5 Å². The lowest BCUT2D eigenvalue weighted by Gasteiger charge is -2.09. The van der Waals surface area contributed by atoms with Gasteiger partial charge in [-0.25, -0.2) is 0 Å². The summed E-state index contributed by atoms with van der Waals surface area (Å²) in [5.74, 6) is -0.224. The average molecular weight is 371 g/mol. The molecule has 9 heteroatoms. The number of amides is 1. The van der Waals surface area contributed by atoms with E-state index in [4.69, 9.17) is 32.7 Å². The van der Waals surface area contributed by atoms with Crippen molar-refractivity contribution in [3.05, 3.63) is 56.6 Å². The van der Waals surface area contributed by atoms with Crippen LogP contribution in [0.2, 0.25) is 10.0 Å². The van der Waals surface area contributed by atoms with E-state index in [0.717, 1.165) is 0 Å². The van der Waals surface area contributed by atoms with Gasteiger partial charge in [0.1, 0.15) is 5.75 Å². The van der Waals surface area contributed by atoms with Gasteiger partial charge in [-0.3, -0.25) is 14.9 Å². The summed E-state index contributed by atoms with van der Waals surface area (Å²) in [6.07, 6.45) is 0. The van der Waals surface area contributed by atoms with Crippen LogP contribution in [0.15, 0.2) is 36.4 Å². The predicted molar refractivity (Wildman–Crippen MR) is 90.2 cm³/mol. The molecule has 7 nitrogen and oxygen atoms in total. The van der Waals surface area contributed by atoms with Crippen molar-refractivity contribution in [1.29, 1.82) is 0 Å². The molecule has 0 unspecified atom stereocenters. The summed E-state index contributed by atoms with van der Waals surface area (Å²) >= 11 is 11.6. The first-order chi connectivity index (χ1) is 11.4. The number of hydrogen-bond acceptors (Lipinski definition) is 5. The molecule has 0 aliphatic rings. The lowest BCUT2D eigenvalue weighted by atomic mass is 10.3. The van der Waals surface area contributed by atoms with E-state index in [1.807, 2.05) is 0 Å². The highest BCUT2D eigenvalue weighted by Crippen LogP contribution is 2.31. The number of nitrogens with zero attached hydrogens (tertiary/aromatic N) is 1. The van der Waals surface area contributed by atoms with Gasteiger partial charge in [-0.2, -0.15) is 0 Å². The summed E-state index contributed by atoms with van der Waals surface area (Å²) in [6, 6.07) is 8.67. The van der Waals surface area contributed by atoms with E-state index in [1.165, 1.54) is 37.4 Å². The number of anilines is 1. The lowest BCUT2D eigenvalue weighted by Crippen LogP contribution is -2.20. The first kappa shape index (κ1) is 17.8. The van der Waals surface area contributed by atoms with Crippen LogP contribution in [-0.2, 0) is 4.79 Å². The topological polar surface area (TPSA) is 90.7 Å². The SMILES string of the molecule is COc1ccc(OCC(=O)Nc2ccc(Cl)c(Cl)c2)c([N+](=O)[O-])c1. The van der Waals surface area contributed by atoms with E-state index < -0.39 is 17.4 Å². The fourth-order valence-corrected chi connectivity index (χ4v) is 2.10. The molecule has 0 spiro atoms. The molecule has 0 aliphatic heterocycles. The van der Waals surface area contributed by atoms with Crippen molar-refractivity contribution in [2.24, 2.45) is 0 Å². The van der Waals surface area contributed by atoms with E-state index in [-0.39, 0.29) is 11.4 Å². The van der Waals surface area contributed by atoms with Crippen LogP contribution in [0.4, 0.5) is 11.4 Å². The molecule has 0 bridgehead atoms. The van der Waals surface area contributed by atoms with Crippen LogP contribution in [0.1, 0.15) is 0 Å². The molecule has 2 aromatic carbocycles. The quantitative estimate of drug-likeness (QED) is 0.614. The Balaban J connectivity index is 2.03. The van der Waals surface area contributed by atoms with Crippen molar-refractivity contribution in [2.45, 2.75) is 0 Å². The van der Waals surface area contributed by atoms with Crippen molar-refractivity contribution in [1.82, 2.24) is 0 Å². The van der Waals surface area contributed by atoms with E-state index in [1.54, 1.807) is 6.07 Å². The van der Waals surface area contributed by atoms with E-state index in [9.17, 15) is 14.9 Å². The third kappa shape index (κ3) is 4.50. The Hall–Kier alpha value is -2.51. The fraction of sp³-hybridized carbons (Fsp3) is 0.133. The standard InChI is InChI=1S/C15H12Cl2N2O5/c1-23-10-3-5-14(13(7-10)19(21)22)24-8-15(20)18-9-2-4-11(16)12(17)6-9/h2-7H,8H2,1H3,(H,18,20). The van der Waals surface area contributed by atoms with Gasteiger partial charge < -0.3 is 14.8 Å². The van der Waals surface area contributed by atoms with E-state index >= 15 is 0 Å². The number of carbonyl (C=O) groups is 1. The van der Waals surface area contributed by atoms with Gasteiger partial charge >= 0.3 is 5.69 Å². The minimum Gasteiger partial charge on any atom is -0.496 e. The zero-order valence-electron chi connectivity index (χ0n) is 12.4. The molecule has 0 saturated heterocycles. The van der Waals surface area contributed by atoms with Crippen LogP contribution in [0.25, 0.3) is 0 Å². The number of methoxy groups -OCH3 is 1.